The van der Waals surface area contributed by atoms with Crippen LogP contribution in [-0.2, 0) is 13.1 Å². The highest BCUT2D eigenvalue weighted by molar-refractivity contribution is 5.46. The molecule has 3 heterocycles. The molecule has 164 valence electrons. The van der Waals surface area contributed by atoms with E-state index < -0.39 is 0 Å². The molecule has 3 aromatic rings. The number of hydrogen-bond donors (Lipinski definition) is 0. The Balaban J connectivity index is 0.000000645. The molecule has 0 saturated carbocycles. The average Bonchev–Trinajstić information content (AvgIpc) is 2.85. The van der Waals surface area contributed by atoms with Crippen molar-refractivity contribution in [2.24, 2.45) is 0 Å². The Morgan fingerprint density at radius 2 is 1.06 bits per heavy atom. The lowest BCUT2D eigenvalue weighted by atomic mass is 10.2. The van der Waals surface area contributed by atoms with E-state index in [-0.39, 0.29) is 0 Å². The minimum Gasteiger partial charge on any atom is -0.473 e. The first-order chi connectivity index (χ1) is 15.3. The molecule has 2 aliphatic heterocycles. The van der Waals surface area contributed by atoms with Crippen molar-refractivity contribution in [1.29, 1.82) is 0 Å². The van der Waals surface area contributed by atoms with Crippen LogP contribution in [0.5, 0.6) is 11.5 Å². The fourth-order valence-corrected chi connectivity index (χ4v) is 3.34. The van der Waals surface area contributed by atoms with Crippen molar-refractivity contribution in [2.75, 3.05) is 23.3 Å². The molecule has 0 unspecified atom stereocenters. The molecule has 0 bridgehead atoms. The molecule has 0 radical (unpaired) electrons. The number of hydrogen-bond acceptors (Lipinski definition) is 7. The van der Waals surface area contributed by atoms with Gasteiger partial charge in [0.25, 0.3) is 0 Å². The van der Waals surface area contributed by atoms with E-state index in [0.29, 0.717) is 44.3 Å². The van der Waals surface area contributed by atoms with Crippen molar-refractivity contribution in [3.63, 3.8) is 0 Å². The zero-order valence-electron chi connectivity index (χ0n) is 19.0. The lowest BCUT2D eigenvalue weighted by molar-refractivity contribution is 0.283. The van der Waals surface area contributed by atoms with Crippen LogP contribution in [-0.4, -0.2) is 28.4 Å². The Labute approximate surface area is 184 Å². The lowest BCUT2D eigenvalue weighted by Gasteiger charge is -2.31. The van der Waals surface area contributed by atoms with Crippen molar-refractivity contribution < 1.29 is 9.47 Å². The highest BCUT2D eigenvalue weighted by Crippen LogP contribution is 2.29. The molecule has 7 nitrogen and oxygen atoms in total. The van der Waals surface area contributed by atoms with E-state index in [1.54, 1.807) is 0 Å². The van der Waals surface area contributed by atoms with Crippen LogP contribution >= 0.6 is 0 Å². The van der Waals surface area contributed by atoms with E-state index in [0.717, 1.165) is 22.6 Å². The Bertz CT molecular complexity index is 919. The highest BCUT2D eigenvalue weighted by Gasteiger charge is 2.24. The fourth-order valence-electron chi connectivity index (χ4n) is 3.34. The van der Waals surface area contributed by atoms with Crippen LogP contribution in [0.2, 0.25) is 0 Å². The van der Waals surface area contributed by atoms with Crippen molar-refractivity contribution in [3.8, 4) is 11.5 Å². The van der Waals surface area contributed by atoms with Gasteiger partial charge < -0.3 is 19.3 Å². The van der Waals surface area contributed by atoms with Gasteiger partial charge in [0.15, 0.2) is 13.5 Å². The van der Waals surface area contributed by atoms with Crippen LogP contribution in [0.25, 0.3) is 0 Å². The summed E-state index contributed by atoms with van der Waals surface area (Å²) in [7, 11) is 0. The Kier molecular flexibility index (Phi) is 7.65. The number of nitrogens with zero attached hydrogens (tertiary/aromatic N) is 5. The van der Waals surface area contributed by atoms with Gasteiger partial charge in [-0.05, 0) is 19.1 Å². The zero-order valence-corrected chi connectivity index (χ0v) is 19.0. The summed E-state index contributed by atoms with van der Waals surface area (Å²) in [4.78, 5) is 17.8. The number of para-hydroxylation sites is 2. The van der Waals surface area contributed by atoms with Crippen LogP contribution in [0.4, 0.5) is 11.9 Å². The molecule has 0 atom stereocenters. The summed E-state index contributed by atoms with van der Waals surface area (Å²) in [6.45, 7) is 12.1. The molecular formula is C24H31N5O2. The fraction of sp³-hybridized carbons (Fsp3) is 0.375. The summed E-state index contributed by atoms with van der Waals surface area (Å²) in [5, 5.41) is 0. The average molecular weight is 422 g/mol. The zero-order chi connectivity index (χ0) is 22.2. The molecule has 0 fully saturated rings. The summed E-state index contributed by atoms with van der Waals surface area (Å²) >= 11 is 0. The molecule has 7 heteroatoms. The van der Waals surface area contributed by atoms with Crippen LogP contribution in [0.1, 0.15) is 44.6 Å². The molecule has 0 N–H and O–H groups in total. The van der Waals surface area contributed by atoms with Gasteiger partial charge in [0.1, 0.15) is 17.3 Å². The summed E-state index contributed by atoms with van der Waals surface area (Å²) in [6.07, 6.45) is 0. The standard InChI is InChI=1S/C20H19N5O2.2C2H6/c1-14-21-19(24-10-15-6-2-4-8-17(15)26-12-24)23-20(22-14)25-11-16-7-3-5-9-18(16)27-13-25;2*1-2/h2-9H,10-13H2,1H3;2*1-2H3. The van der Waals surface area contributed by atoms with E-state index in [9.17, 15) is 0 Å². The number of aryl methyl sites for hydroxylation is 1. The second-order valence-electron chi connectivity index (χ2n) is 6.64. The second-order valence-corrected chi connectivity index (χ2v) is 6.64. The molecule has 2 aliphatic rings. The molecule has 0 saturated heterocycles. The van der Waals surface area contributed by atoms with Gasteiger partial charge in [-0.1, -0.05) is 64.1 Å². The van der Waals surface area contributed by atoms with Gasteiger partial charge in [-0.3, -0.25) is 0 Å². The molecule has 2 aromatic carbocycles. The number of aromatic nitrogens is 3. The smallest absolute Gasteiger partial charge is 0.233 e. The molecule has 0 amide bonds. The molecule has 0 spiro atoms. The Morgan fingerprint density at radius 1 is 0.645 bits per heavy atom. The van der Waals surface area contributed by atoms with Gasteiger partial charge in [0.05, 0.1) is 13.1 Å². The lowest BCUT2D eigenvalue weighted by Crippen LogP contribution is -2.36. The number of anilines is 2. The van der Waals surface area contributed by atoms with Crippen LogP contribution in [0, 0.1) is 6.92 Å². The van der Waals surface area contributed by atoms with Crippen molar-refractivity contribution in [2.45, 2.75) is 47.7 Å². The maximum Gasteiger partial charge on any atom is 0.233 e. The van der Waals surface area contributed by atoms with Gasteiger partial charge in [-0.15, -0.1) is 0 Å². The first kappa shape index (κ1) is 22.3. The quantitative estimate of drug-likeness (QED) is 0.580. The van der Waals surface area contributed by atoms with Crippen molar-refractivity contribution >= 4 is 11.9 Å². The van der Waals surface area contributed by atoms with Crippen LogP contribution < -0.4 is 19.3 Å². The SMILES string of the molecule is CC.CC.Cc1nc(N2COc3ccccc3C2)nc(N2COc3ccccc3C2)n1. The largest absolute Gasteiger partial charge is 0.473 e. The topological polar surface area (TPSA) is 63.6 Å². The molecule has 31 heavy (non-hydrogen) atoms. The van der Waals surface area contributed by atoms with E-state index in [1.807, 2.05) is 80.8 Å². The van der Waals surface area contributed by atoms with Gasteiger partial charge in [-0.25, -0.2) is 0 Å². The van der Waals surface area contributed by atoms with Gasteiger partial charge >= 0.3 is 0 Å². The van der Waals surface area contributed by atoms with Gasteiger partial charge in [-0.2, -0.15) is 15.0 Å². The third-order valence-corrected chi connectivity index (χ3v) is 4.71. The van der Waals surface area contributed by atoms with E-state index in [4.69, 9.17) is 14.5 Å². The van der Waals surface area contributed by atoms with Crippen LogP contribution in [0.15, 0.2) is 48.5 Å². The summed E-state index contributed by atoms with van der Waals surface area (Å²) < 4.78 is 11.7. The number of ether oxygens (including phenoxy) is 2. The summed E-state index contributed by atoms with van der Waals surface area (Å²) in [6, 6.07) is 16.1. The molecule has 0 aliphatic carbocycles. The second kappa shape index (κ2) is 10.6. The third-order valence-electron chi connectivity index (χ3n) is 4.71. The normalized spacial score (nSPS) is 13.8. The first-order valence-electron chi connectivity index (χ1n) is 10.9. The Morgan fingerprint density at radius 3 is 1.52 bits per heavy atom. The molecule has 5 rings (SSSR count). The van der Waals surface area contributed by atoms with E-state index in [1.165, 1.54) is 0 Å². The first-order valence-corrected chi connectivity index (χ1v) is 10.9. The number of rotatable bonds is 2. The monoisotopic (exact) mass is 421 g/mol. The predicted octanol–water partition coefficient (Wildman–Crippen LogP) is 4.95. The summed E-state index contributed by atoms with van der Waals surface area (Å²) in [5.41, 5.74) is 2.25. The van der Waals surface area contributed by atoms with Gasteiger partial charge in [0.2, 0.25) is 11.9 Å². The number of benzene rings is 2. The van der Waals surface area contributed by atoms with Crippen LogP contribution in [0.3, 0.4) is 0 Å². The minimum atomic E-state index is 0.416. The maximum atomic E-state index is 5.85. The van der Waals surface area contributed by atoms with Gasteiger partial charge in [0, 0.05) is 11.1 Å². The Hall–Kier alpha value is -3.35. The number of fused-ring (bicyclic) bond motifs is 2. The molecule has 1 aromatic heterocycles. The maximum absolute atomic E-state index is 5.85. The van der Waals surface area contributed by atoms with E-state index >= 15 is 0 Å². The highest BCUT2D eigenvalue weighted by atomic mass is 16.5. The minimum absolute atomic E-state index is 0.416. The van der Waals surface area contributed by atoms with Crippen molar-refractivity contribution in [1.82, 2.24) is 15.0 Å². The third kappa shape index (κ3) is 5.05. The van der Waals surface area contributed by atoms with E-state index in [2.05, 4.69) is 22.1 Å². The summed E-state index contributed by atoms with van der Waals surface area (Å²) in [5.74, 6) is 3.74. The van der Waals surface area contributed by atoms with Crippen molar-refractivity contribution in [3.05, 3.63) is 65.5 Å². The predicted molar refractivity (Wildman–Crippen MR) is 124 cm³/mol. The molecular weight excluding hydrogens is 390 g/mol.